The SMILES string of the molecule is CC(C)(C)S(=O)(=O)CCN=C(N)NC1CCCCC1.I. The van der Waals surface area contributed by atoms with Gasteiger partial charge in [0.1, 0.15) is 0 Å². The van der Waals surface area contributed by atoms with Gasteiger partial charge in [0.05, 0.1) is 17.0 Å². The Kier molecular flexibility index (Phi) is 8.39. The molecule has 7 heteroatoms. The summed E-state index contributed by atoms with van der Waals surface area (Å²) in [6.07, 6.45) is 5.98. The van der Waals surface area contributed by atoms with E-state index in [1.165, 1.54) is 19.3 Å². The first kappa shape index (κ1) is 19.9. The average molecular weight is 417 g/mol. The highest BCUT2D eigenvalue weighted by Gasteiger charge is 2.28. The Balaban J connectivity index is 0.00000361. The van der Waals surface area contributed by atoms with Crippen molar-refractivity contribution < 1.29 is 8.42 Å². The summed E-state index contributed by atoms with van der Waals surface area (Å²) in [5.41, 5.74) is 5.79. The zero-order valence-corrected chi connectivity index (χ0v) is 15.8. The maximum Gasteiger partial charge on any atom is 0.188 e. The van der Waals surface area contributed by atoms with E-state index in [9.17, 15) is 8.42 Å². The molecule has 120 valence electrons. The lowest BCUT2D eigenvalue weighted by molar-refractivity contribution is 0.412. The molecule has 0 saturated heterocycles. The van der Waals surface area contributed by atoms with Crippen molar-refractivity contribution in [1.29, 1.82) is 0 Å². The molecule has 0 unspecified atom stereocenters. The van der Waals surface area contributed by atoms with Gasteiger partial charge in [0.15, 0.2) is 15.8 Å². The molecule has 0 radical (unpaired) electrons. The molecule has 1 rings (SSSR count). The van der Waals surface area contributed by atoms with Crippen LogP contribution in [0.15, 0.2) is 4.99 Å². The third kappa shape index (κ3) is 6.60. The fraction of sp³-hybridized carbons (Fsp3) is 0.923. The van der Waals surface area contributed by atoms with Crippen molar-refractivity contribution in [3.05, 3.63) is 0 Å². The second kappa shape index (κ2) is 8.41. The van der Waals surface area contributed by atoms with Gasteiger partial charge in [-0.1, -0.05) is 19.3 Å². The molecule has 0 aliphatic heterocycles. The minimum atomic E-state index is -3.12. The fourth-order valence-electron chi connectivity index (χ4n) is 2.09. The maximum absolute atomic E-state index is 11.9. The zero-order valence-electron chi connectivity index (χ0n) is 12.7. The predicted molar refractivity (Wildman–Crippen MR) is 95.5 cm³/mol. The molecule has 0 amide bonds. The van der Waals surface area contributed by atoms with Crippen LogP contribution < -0.4 is 11.1 Å². The molecule has 1 aliphatic rings. The first-order valence-corrected chi connectivity index (χ1v) is 8.66. The van der Waals surface area contributed by atoms with E-state index >= 15 is 0 Å². The van der Waals surface area contributed by atoms with Crippen molar-refractivity contribution in [3.8, 4) is 0 Å². The molecule has 0 aromatic rings. The normalized spacial score (nSPS) is 18.4. The van der Waals surface area contributed by atoms with E-state index in [-0.39, 0.29) is 36.3 Å². The number of guanidine groups is 1. The third-order valence-corrected chi connectivity index (χ3v) is 6.12. The summed E-state index contributed by atoms with van der Waals surface area (Å²) in [6.45, 7) is 5.34. The summed E-state index contributed by atoms with van der Waals surface area (Å²) in [6, 6.07) is 0.400. The topological polar surface area (TPSA) is 84.5 Å². The molecule has 20 heavy (non-hydrogen) atoms. The Morgan fingerprint density at radius 3 is 2.30 bits per heavy atom. The molecule has 0 aromatic carbocycles. The van der Waals surface area contributed by atoms with E-state index in [0.717, 1.165) is 12.8 Å². The van der Waals surface area contributed by atoms with Gasteiger partial charge in [-0.15, -0.1) is 24.0 Å². The number of nitrogens with zero attached hydrogens (tertiary/aromatic N) is 1. The van der Waals surface area contributed by atoms with Crippen LogP contribution in [0.5, 0.6) is 0 Å². The lowest BCUT2D eigenvalue weighted by Crippen LogP contribution is -2.41. The van der Waals surface area contributed by atoms with Crippen LogP contribution in [0.25, 0.3) is 0 Å². The maximum atomic E-state index is 11.9. The van der Waals surface area contributed by atoms with Crippen molar-refractivity contribution in [1.82, 2.24) is 5.32 Å². The van der Waals surface area contributed by atoms with Crippen molar-refractivity contribution in [2.45, 2.75) is 63.7 Å². The Hall–Kier alpha value is -0.0500. The minimum absolute atomic E-state index is 0. The molecule has 0 bridgehead atoms. The van der Waals surface area contributed by atoms with Gasteiger partial charge in [-0.3, -0.25) is 4.99 Å². The monoisotopic (exact) mass is 417 g/mol. The molecule has 5 nitrogen and oxygen atoms in total. The van der Waals surface area contributed by atoms with Gasteiger partial charge in [-0.25, -0.2) is 8.42 Å². The smallest absolute Gasteiger partial charge is 0.188 e. The van der Waals surface area contributed by atoms with E-state index in [0.29, 0.717) is 12.0 Å². The molecule has 1 aliphatic carbocycles. The third-order valence-electron chi connectivity index (χ3n) is 3.53. The average Bonchev–Trinajstić information content (AvgIpc) is 2.28. The van der Waals surface area contributed by atoms with Gasteiger partial charge in [-0.2, -0.15) is 0 Å². The van der Waals surface area contributed by atoms with Crippen molar-refractivity contribution in [2.75, 3.05) is 12.3 Å². The predicted octanol–water partition coefficient (Wildman–Crippen LogP) is 2.05. The van der Waals surface area contributed by atoms with E-state index in [1.807, 2.05) is 0 Å². The molecule has 0 spiro atoms. The molecular weight excluding hydrogens is 389 g/mol. The van der Waals surface area contributed by atoms with Gasteiger partial charge in [0.25, 0.3) is 0 Å². The molecular formula is C13H28IN3O2S. The van der Waals surface area contributed by atoms with E-state index in [2.05, 4.69) is 10.3 Å². The van der Waals surface area contributed by atoms with Crippen LogP contribution in [0, 0.1) is 0 Å². The molecule has 0 atom stereocenters. The van der Waals surface area contributed by atoms with Crippen LogP contribution in [-0.2, 0) is 9.84 Å². The highest BCUT2D eigenvalue weighted by molar-refractivity contribution is 14.0. The van der Waals surface area contributed by atoms with Crippen LogP contribution in [-0.4, -0.2) is 37.5 Å². The van der Waals surface area contributed by atoms with E-state index in [1.54, 1.807) is 20.8 Å². The van der Waals surface area contributed by atoms with Crippen LogP contribution in [0.3, 0.4) is 0 Å². The number of aliphatic imine (C=N–C) groups is 1. The van der Waals surface area contributed by atoms with Gasteiger partial charge in [0, 0.05) is 6.04 Å². The number of hydrogen-bond acceptors (Lipinski definition) is 3. The highest BCUT2D eigenvalue weighted by atomic mass is 127. The summed E-state index contributed by atoms with van der Waals surface area (Å²) in [5, 5.41) is 3.18. The van der Waals surface area contributed by atoms with Crippen molar-refractivity contribution in [3.63, 3.8) is 0 Å². The standard InChI is InChI=1S/C13H27N3O2S.HI/c1-13(2,3)19(17,18)10-9-15-12(14)16-11-7-5-4-6-8-11;/h11H,4-10H2,1-3H3,(H3,14,15,16);1H. The minimum Gasteiger partial charge on any atom is -0.370 e. The number of halogens is 1. The van der Waals surface area contributed by atoms with Gasteiger partial charge < -0.3 is 11.1 Å². The summed E-state index contributed by atoms with van der Waals surface area (Å²) >= 11 is 0. The van der Waals surface area contributed by atoms with E-state index in [4.69, 9.17) is 5.73 Å². The number of hydrogen-bond donors (Lipinski definition) is 2. The largest absolute Gasteiger partial charge is 0.370 e. The van der Waals surface area contributed by atoms with Crippen LogP contribution in [0.2, 0.25) is 0 Å². The van der Waals surface area contributed by atoms with Gasteiger partial charge >= 0.3 is 0 Å². The highest BCUT2D eigenvalue weighted by Crippen LogP contribution is 2.17. The lowest BCUT2D eigenvalue weighted by Gasteiger charge is -2.23. The zero-order chi connectivity index (χ0) is 14.5. The number of nitrogens with two attached hydrogens (primary N) is 1. The summed E-state index contributed by atoms with van der Waals surface area (Å²) in [5.74, 6) is 0.416. The van der Waals surface area contributed by atoms with Crippen molar-refractivity contribution in [2.24, 2.45) is 10.7 Å². The summed E-state index contributed by atoms with van der Waals surface area (Å²) in [7, 11) is -3.12. The van der Waals surface area contributed by atoms with Crippen LogP contribution >= 0.6 is 24.0 Å². The van der Waals surface area contributed by atoms with Crippen LogP contribution in [0.1, 0.15) is 52.9 Å². The fourth-order valence-corrected chi connectivity index (χ4v) is 3.04. The Morgan fingerprint density at radius 2 is 1.80 bits per heavy atom. The molecule has 0 heterocycles. The quantitative estimate of drug-likeness (QED) is 0.417. The van der Waals surface area contributed by atoms with E-state index < -0.39 is 14.6 Å². The van der Waals surface area contributed by atoms with Gasteiger partial charge in [-0.05, 0) is 33.6 Å². The Bertz CT molecular complexity index is 410. The lowest BCUT2D eigenvalue weighted by atomic mass is 9.96. The first-order chi connectivity index (χ1) is 8.72. The number of nitrogens with one attached hydrogen (secondary N) is 1. The summed E-state index contributed by atoms with van der Waals surface area (Å²) < 4.78 is 23.1. The molecule has 0 aromatic heterocycles. The molecule has 1 saturated carbocycles. The second-order valence-electron chi connectivity index (χ2n) is 6.18. The number of sulfone groups is 1. The number of rotatable bonds is 4. The molecule has 3 N–H and O–H groups in total. The van der Waals surface area contributed by atoms with Gasteiger partial charge in [0.2, 0.25) is 0 Å². The second-order valence-corrected chi connectivity index (χ2v) is 9.04. The van der Waals surface area contributed by atoms with Crippen molar-refractivity contribution >= 4 is 39.8 Å². The summed E-state index contributed by atoms with van der Waals surface area (Å²) in [4.78, 5) is 4.12. The van der Waals surface area contributed by atoms with Crippen LogP contribution in [0.4, 0.5) is 0 Å². The molecule has 1 fully saturated rings. The Morgan fingerprint density at radius 1 is 1.25 bits per heavy atom. The Labute approximate surface area is 140 Å². The first-order valence-electron chi connectivity index (χ1n) is 7.01.